The topological polar surface area (TPSA) is 25.8 Å². The highest BCUT2D eigenvalue weighted by Gasteiger charge is 1.99. The molecule has 1 aromatic carbocycles. The second kappa shape index (κ2) is 4.01. The Kier molecular flexibility index (Phi) is 2.54. The molecular weight excluding hydrogens is 172 g/mol. The molecule has 0 amide bonds. The van der Waals surface area contributed by atoms with Gasteiger partial charge in [0.15, 0.2) is 5.82 Å². The van der Waals surface area contributed by atoms with Crippen LogP contribution in [0.15, 0.2) is 42.7 Å². The summed E-state index contributed by atoms with van der Waals surface area (Å²) in [6.45, 7) is 3.85. The smallest absolute Gasteiger partial charge is 0.159 e. The summed E-state index contributed by atoms with van der Waals surface area (Å²) < 4.78 is 0. The van der Waals surface area contributed by atoms with E-state index < -0.39 is 0 Å². The van der Waals surface area contributed by atoms with Crippen LogP contribution in [0.25, 0.3) is 11.4 Å². The summed E-state index contributed by atoms with van der Waals surface area (Å²) in [5, 5.41) is 0. The zero-order chi connectivity index (χ0) is 9.80. The molecule has 14 heavy (non-hydrogen) atoms. The Balaban J connectivity index is 2.42. The van der Waals surface area contributed by atoms with E-state index in [1.165, 1.54) is 5.56 Å². The van der Waals surface area contributed by atoms with Crippen LogP contribution in [-0.2, 0) is 6.42 Å². The SMILES string of the molecule is [CH2]Cc1cccc(-c2ncccn2)c1. The first kappa shape index (κ1) is 8.88. The van der Waals surface area contributed by atoms with Gasteiger partial charge in [-0.05, 0) is 31.0 Å². The number of hydrogen-bond acceptors (Lipinski definition) is 2. The van der Waals surface area contributed by atoms with Crippen LogP contribution in [0.1, 0.15) is 5.56 Å². The predicted molar refractivity (Wildman–Crippen MR) is 56.5 cm³/mol. The van der Waals surface area contributed by atoms with Gasteiger partial charge in [0.1, 0.15) is 0 Å². The summed E-state index contributed by atoms with van der Waals surface area (Å²) in [5.41, 5.74) is 2.25. The normalized spacial score (nSPS) is 10.1. The fourth-order valence-electron chi connectivity index (χ4n) is 1.31. The molecule has 2 rings (SSSR count). The van der Waals surface area contributed by atoms with Crippen molar-refractivity contribution in [3.8, 4) is 11.4 Å². The lowest BCUT2D eigenvalue weighted by atomic mass is 10.1. The maximum atomic E-state index is 4.19. The molecular formula is C12H11N2. The molecule has 0 aliphatic rings. The molecule has 0 aliphatic heterocycles. The molecule has 0 unspecified atom stereocenters. The van der Waals surface area contributed by atoms with E-state index in [1.54, 1.807) is 12.4 Å². The maximum Gasteiger partial charge on any atom is 0.159 e. The summed E-state index contributed by atoms with van der Waals surface area (Å²) in [6, 6.07) is 9.96. The molecule has 2 nitrogen and oxygen atoms in total. The van der Waals surface area contributed by atoms with Crippen LogP contribution in [0.3, 0.4) is 0 Å². The van der Waals surface area contributed by atoms with E-state index in [9.17, 15) is 0 Å². The zero-order valence-electron chi connectivity index (χ0n) is 7.85. The molecule has 1 aromatic heterocycles. The fraction of sp³-hybridized carbons (Fsp3) is 0.0833. The molecule has 0 saturated carbocycles. The number of nitrogens with zero attached hydrogens (tertiary/aromatic N) is 2. The fourth-order valence-corrected chi connectivity index (χ4v) is 1.31. The lowest BCUT2D eigenvalue weighted by Crippen LogP contribution is -1.88. The third kappa shape index (κ3) is 1.79. The van der Waals surface area contributed by atoms with Gasteiger partial charge < -0.3 is 0 Å². The van der Waals surface area contributed by atoms with Crippen LogP contribution in [-0.4, -0.2) is 9.97 Å². The molecule has 69 valence electrons. The first-order valence-corrected chi connectivity index (χ1v) is 4.56. The Morgan fingerprint density at radius 3 is 2.57 bits per heavy atom. The highest BCUT2D eigenvalue weighted by Crippen LogP contribution is 2.15. The lowest BCUT2D eigenvalue weighted by Gasteiger charge is -2.01. The maximum absolute atomic E-state index is 4.19. The van der Waals surface area contributed by atoms with Gasteiger partial charge in [-0.25, -0.2) is 9.97 Å². The van der Waals surface area contributed by atoms with Crippen LogP contribution in [0.2, 0.25) is 0 Å². The van der Waals surface area contributed by atoms with Gasteiger partial charge >= 0.3 is 0 Å². The van der Waals surface area contributed by atoms with Crippen molar-refractivity contribution in [3.05, 3.63) is 55.2 Å². The minimum atomic E-state index is 0.766. The van der Waals surface area contributed by atoms with E-state index in [2.05, 4.69) is 29.0 Å². The number of benzene rings is 1. The Morgan fingerprint density at radius 1 is 1.07 bits per heavy atom. The third-order valence-corrected chi connectivity index (χ3v) is 2.04. The molecule has 1 radical (unpaired) electrons. The lowest BCUT2D eigenvalue weighted by molar-refractivity contribution is 1.17. The summed E-state index contributed by atoms with van der Waals surface area (Å²) >= 11 is 0. The van der Waals surface area contributed by atoms with Gasteiger partial charge in [0, 0.05) is 18.0 Å². The van der Waals surface area contributed by atoms with Crippen LogP contribution >= 0.6 is 0 Å². The Hall–Kier alpha value is -1.70. The van der Waals surface area contributed by atoms with Crippen molar-refractivity contribution in [1.82, 2.24) is 9.97 Å². The van der Waals surface area contributed by atoms with Crippen LogP contribution in [0, 0.1) is 6.92 Å². The summed E-state index contributed by atoms with van der Waals surface area (Å²) in [6.07, 6.45) is 4.29. The molecule has 0 N–H and O–H groups in total. The molecule has 0 spiro atoms. The Morgan fingerprint density at radius 2 is 1.86 bits per heavy atom. The van der Waals surface area contributed by atoms with Gasteiger partial charge in [0.2, 0.25) is 0 Å². The van der Waals surface area contributed by atoms with Gasteiger partial charge in [0.25, 0.3) is 0 Å². The van der Waals surface area contributed by atoms with E-state index in [4.69, 9.17) is 0 Å². The first-order chi connectivity index (χ1) is 6.90. The summed E-state index contributed by atoms with van der Waals surface area (Å²) in [4.78, 5) is 8.39. The van der Waals surface area contributed by atoms with Crippen molar-refractivity contribution in [3.63, 3.8) is 0 Å². The van der Waals surface area contributed by atoms with Gasteiger partial charge in [-0.2, -0.15) is 0 Å². The molecule has 2 heteroatoms. The molecule has 0 fully saturated rings. The van der Waals surface area contributed by atoms with E-state index in [1.807, 2.05) is 18.2 Å². The highest BCUT2D eigenvalue weighted by molar-refractivity contribution is 5.55. The van der Waals surface area contributed by atoms with Crippen molar-refractivity contribution >= 4 is 0 Å². The van der Waals surface area contributed by atoms with Crippen LogP contribution in [0.4, 0.5) is 0 Å². The standard InChI is InChI=1S/C12H11N2/c1-2-10-5-3-6-11(9-10)12-13-7-4-8-14-12/h3-9H,1-2H2. The van der Waals surface area contributed by atoms with E-state index in [0.717, 1.165) is 17.8 Å². The number of rotatable bonds is 2. The summed E-state index contributed by atoms with van der Waals surface area (Å²) in [7, 11) is 0. The highest BCUT2D eigenvalue weighted by atomic mass is 14.8. The van der Waals surface area contributed by atoms with Crippen molar-refractivity contribution in [2.75, 3.05) is 0 Å². The monoisotopic (exact) mass is 183 g/mol. The van der Waals surface area contributed by atoms with Gasteiger partial charge in [-0.3, -0.25) is 0 Å². The Bertz CT molecular complexity index is 410. The predicted octanol–water partition coefficient (Wildman–Crippen LogP) is 2.52. The van der Waals surface area contributed by atoms with Crippen molar-refractivity contribution in [2.24, 2.45) is 0 Å². The molecule has 2 aromatic rings. The van der Waals surface area contributed by atoms with Gasteiger partial charge in [0.05, 0.1) is 0 Å². The van der Waals surface area contributed by atoms with Gasteiger partial charge in [-0.15, -0.1) is 0 Å². The van der Waals surface area contributed by atoms with Crippen molar-refractivity contribution in [2.45, 2.75) is 6.42 Å². The second-order valence-corrected chi connectivity index (χ2v) is 3.02. The Labute approximate surface area is 83.7 Å². The molecule has 0 saturated heterocycles. The molecule has 0 aliphatic carbocycles. The largest absolute Gasteiger partial charge is 0.237 e. The summed E-state index contributed by atoms with van der Waals surface area (Å²) in [5.74, 6) is 0.766. The molecule has 1 heterocycles. The van der Waals surface area contributed by atoms with Crippen LogP contribution in [0.5, 0.6) is 0 Å². The number of hydrogen-bond donors (Lipinski definition) is 0. The first-order valence-electron chi connectivity index (χ1n) is 4.56. The minimum absolute atomic E-state index is 0.766. The average Bonchev–Trinajstić information content (AvgIpc) is 2.30. The quantitative estimate of drug-likeness (QED) is 0.715. The number of aromatic nitrogens is 2. The second-order valence-electron chi connectivity index (χ2n) is 3.02. The van der Waals surface area contributed by atoms with Crippen LogP contribution < -0.4 is 0 Å². The minimum Gasteiger partial charge on any atom is -0.237 e. The molecule has 0 atom stereocenters. The van der Waals surface area contributed by atoms with Crippen molar-refractivity contribution < 1.29 is 0 Å². The van der Waals surface area contributed by atoms with Gasteiger partial charge in [-0.1, -0.05) is 18.2 Å². The molecule has 0 bridgehead atoms. The van der Waals surface area contributed by atoms with E-state index in [0.29, 0.717) is 0 Å². The third-order valence-electron chi connectivity index (χ3n) is 2.04. The zero-order valence-corrected chi connectivity index (χ0v) is 7.85. The van der Waals surface area contributed by atoms with E-state index >= 15 is 0 Å². The van der Waals surface area contributed by atoms with Crippen molar-refractivity contribution in [1.29, 1.82) is 0 Å². The average molecular weight is 183 g/mol. The van der Waals surface area contributed by atoms with E-state index in [-0.39, 0.29) is 0 Å².